The molecule has 3 N–H and O–H groups in total. The maximum absolute atomic E-state index is 11.1. The lowest BCUT2D eigenvalue weighted by atomic mass is 10.2. The van der Waals surface area contributed by atoms with Crippen LogP contribution in [0.1, 0.15) is 6.92 Å². The minimum Gasteiger partial charge on any atom is -0.376 e. The van der Waals surface area contributed by atoms with Crippen LogP contribution in [0.5, 0.6) is 0 Å². The van der Waals surface area contributed by atoms with E-state index in [-0.39, 0.29) is 10.9 Å². The molecule has 1 heterocycles. The topological polar surface area (TPSA) is 84.5 Å². The first kappa shape index (κ1) is 10.1. The average Bonchev–Trinajstić information content (AvgIpc) is 2.15. The molecule has 1 aliphatic heterocycles. The number of anilines is 1. The van der Waals surface area contributed by atoms with E-state index in [1.165, 1.54) is 12.1 Å². The molecule has 80 valence electrons. The number of nitrogens with two attached hydrogens (primary N) is 1. The number of rotatable bonds is 1. The molecule has 1 aliphatic rings. The molecule has 15 heavy (non-hydrogen) atoms. The first-order valence-corrected chi connectivity index (χ1v) is 5.99. The molecule has 0 amide bonds. The van der Waals surface area contributed by atoms with Gasteiger partial charge in [-0.3, -0.25) is 4.99 Å². The highest BCUT2D eigenvalue weighted by Gasteiger charge is 2.14. The van der Waals surface area contributed by atoms with Crippen molar-refractivity contribution in [2.45, 2.75) is 17.9 Å². The summed E-state index contributed by atoms with van der Waals surface area (Å²) in [4.78, 5) is 4.22. The van der Waals surface area contributed by atoms with Crippen LogP contribution in [-0.4, -0.2) is 20.7 Å². The van der Waals surface area contributed by atoms with Gasteiger partial charge in [0.15, 0.2) is 0 Å². The van der Waals surface area contributed by atoms with E-state index in [0.717, 1.165) is 5.69 Å². The van der Waals surface area contributed by atoms with Crippen LogP contribution in [0.3, 0.4) is 0 Å². The number of sulfonamides is 1. The number of primary sulfonamides is 1. The second-order valence-corrected chi connectivity index (χ2v) is 5.00. The Kier molecular flexibility index (Phi) is 2.24. The van der Waals surface area contributed by atoms with Crippen LogP contribution in [0.4, 0.5) is 11.4 Å². The molecule has 0 aromatic heterocycles. The molecule has 1 aromatic carbocycles. The van der Waals surface area contributed by atoms with Crippen molar-refractivity contribution < 1.29 is 8.42 Å². The average molecular weight is 225 g/mol. The summed E-state index contributed by atoms with van der Waals surface area (Å²) in [6.07, 6.45) is 1.72. The van der Waals surface area contributed by atoms with E-state index in [1.54, 1.807) is 12.3 Å². The van der Waals surface area contributed by atoms with Gasteiger partial charge in [0.05, 0.1) is 22.3 Å². The molecule has 0 saturated carbocycles. The number of fused-ring (bicyclic) bond motifs is 1. The predicted octanol–water partition coefficient (Wildman–Crippen LogP) is 0.850. The summed E-state index contributed by atoms with van der Waals surface area (Å²) in [5, 5.41) is 8.17. The molecule has 1 atom stereocenters. The van der Waals surface area contributed by atoms with Crippen molar-refractivity contribution in [2.75, 3.05) is 5.32 Å². The van der Waals surface area contributed by atoms with Crippen molar-refractivity contribution >= 4 is 27.6 Å². The number of hydrogen-bond donors (Lipinski definition) is 2. The summed E-state index contributed by atoms with van der Waals surface area (Å²) in [6, 6.07) is 4.74. The van der Waals surface area contributed by atoms with Crippen LogP contribution in [0.15, 0.2) is 28.1 Å². The van der Waals surface area contributed by atoms with Crippen LogP contribution >= 0.6 is 0 Å². The third kappa shape index (κ3) is 2.00. The summed E-state index contributed by atoms with van der Waals surface area (Å²) >= 11 is 0. The molecule has 5 nitrogen and oxygen atoms in total. The van der Waals surface area contributed by atoms with Gasteiger partial charge in [0.2, 0.25) is 10.0 Å². The minimum atomic E-state index is -3.65. The number of nitrogens with zero attached hydrogens (tertiary/aromatic N) is 1. The fourth-order valence-electron chi connectivity index (χ4n) is 1.39. The van der Waals surface area contributed by atoms with Gasteiger partial charge in [-0.15, -0.1) is 0 Å². The van der Waals surface area contributed by atoms with E-state index < -0.39 is 10.0 Å². The van der Waals surface area contributed by atoms with Crippen LogP contribution < -0.4 is 10.5 Å². The molecule has 1 unspecified atom stereocenters. The summed E-state index contributed by atoms with van der Waals surface area (Å²) in [6.45, 7) is 1.96. The monoisotopic (exact) mass is 225 g/mol. The third-order valence-corrected chi connectivity index (χ3v) is 3.03. The summed E-state index contributed by atoms with van der Waals surface area (Å²) < 4.78 is 22.2. The maximum Gasteiger partial charge on any atom is 0.238 e. The smallest absolute Gasteiger partial charge is 0.238 e. The molecule has 6 heteroatoms. The zero-order valence-electron chi connectivity index (χ0n) is 8.14. The van der Waals surface area contributed by atoms with Gasteiger partial charge in [-0.2, -0.15) is 0 Å². The molecular weight excluding hydrogens is 214 g/mol. The lowest BCUT2D eigenvalue weighted by Gasteiger charge is -2.18. The Morgan fingerprint density at radius 2 is 2.20 bits per heavy atom. The zero-order chi connectivity index (χ0) is 11.1. The number of hydrogen-bond acceptors (Lipinski definition) is 4. The van der Waals surface area contributed by atoms with Crippen LogP contribution in [-0.2, 0) is 10.0 Å². The lowest BCUT2D eigenvalue weighted by molar-refractivity contribution is 0.598. The second kappa shape index (κ2) is 3.32. The fourth-order valence-corrected chi connectivity index (χ4v) is 1.93. The molecule has 2 rings (SSSR count). The van der Waals surface area contributed by atoms with Crippen molar-refractivity contribution in [3.05, 3.63) is 18.2 Å². The lowest BCUT2D eigenvalue weighted by Crippen LogP contribution is -2.19. The number of nitrogens with one attached hydrogen (secondary N) is 1. The predicted molar refractivity (Wildman–Crippen MR) is 59.1 cm³/mol. The van der Waals surface area contributed by atoms with E-state index in [4.69, 9.17) is 5.14 Å². The first-order chi connectivity index (χ1) is 6.97. The van der Waals surface area contributed by atoms with Crippen LogP contribution in [0, 0.1) is 0 Å². The Bertz CT molecular complexity index is 522. The Labute approximate surface area is 88.1 Å². The van der Waals surface area contributed by atoms with Gasteiger partial charge in [0.25, 0.3) is 0 Å². The first-order valence-electron chi connectivity index (χ1n) is 4.44. The molecule has 0 spiro atoms. The van der Waals surface area contributed by atoms with Gasteiger partial charge in [-0.05, 0) is 25.1 Å². The normalized spacial score (nSPS) is 19.5. The van der Waals surface area contributed by atoms with Crippen LogP contribution in [0.2, 0.25) is 0 Å². The Morgan fingerprint density at radius 1 is 1.47 bits per heavy atom. The summed E-state index contributed by atoms with van der Waals surface area (Å²) in [5.74, 6) is 0. The van der Waals surface area contributed by atoms with Crippen LogP contribution in [0.25, 0.3) is 0 Å². The molecule has 0 aliphatic carbocycles. The van der Waals surface area contributed by atoms with Crippen molar-refractivity contribution in [3.63, 3.8) is 0 Å². The highest BCUT2D eigenvalue weighted by Crippen LogP contribution is 2.30. The summed E-state index contributed by atoms with van der Waals surface area (Å²) in [5.41, 5.74) is 1.41. The minimum absolute atomic E-state index is 0.0785. The van der Waals surface area contributed by atoms with E-state index in [0.29, 0.717) is 5.69 Å². The highest BCUT2D eigenvalue weighted by atomic mass is 32.2. The van der Waals surface area contributed by atoms with Gasteiger partial charge in [0, 0.05) is 6.21 Å². The molecule has 0 bridgehead atoms. The quantitative estimate of drug-likeness (QED) is 0.743. The molecule has 0 radical (unpaired) electrons. The largest absolute Gasteiger partial charge is 0.376 e. The van der Waals surface area contributed by atoms with E-state index in [1.807, 2.05) is 6.92 Å². The van der Waals surface area contributed by atoms with Gasteiger partial charge in [0.1, 0.15) is 0 Å². The second-order valence-electron chi connectivity index (χ2n) is 3.44. The zero-order valence-corrected chi connectivity index (χ0v) is 8.95. The Hall–Kier alpha value is -1.40. The van der Waals surface area contributed by atoms with Crippen molar-refractivity contribution in [2.24, 2.45) is 10.1 Å². The molecule has 0 fully saturated rings. The fraction of sp³-hybridized carbons (Fsp3) is 0.222. The number of benzene rings is 1. The molecular formula is C9H11N3O2S. The van der Waals surface area contributed by atoms with E-state index in [9.17, 15) is 8.42 Å². The molecule has 1 aromatic rings. The van der Waals surface area contributed by atoms with Crippen molar-refractivity contribution in [1.29, 1.82) is 0 Å². The van der Waals surface area contributed by atoms with Gasteiger partial charge < -0.3 is 5.32 Å². The SMILES string of the molecule is CC1C=Nc2cc(S(N)(=O)=O)ccc2N1. The van der Waals surface area contributed by atoms with Gasteiger partial charge in [-0.25, -0.2) is 13.6 Å². The standard InChI is InChI=1S/C9H11N3O2S/c1-6-5-11-9-4-7(15(10,13)14)2-3-8(9)12-6/h2-6,12H,1H3,(H2,10,13,14). The number of aliphatic imine (C=N–C) groups is 1. The Morgan fingerprint density at radius 3 is 2.87 bits per heavy atom. The molecule has 0 saturated heterocycles. The van der Waals surface area contributed by atoms with Crippen molar-refractivity contribution in [1.82, 2.24) is 0 Å². The highest BCUT2D eigenvalue weighted by molar-refractivity contribution is 7.89. The summed E-state index contributed by atoms with van der Waals surface area (Å²) in [7, 11) is -3.65. The van der Waals surface area contributed by atoms with Gasteiger partial charge >= 0.3 is 0 Å². The van der Waals surface area contributed by atoms with Crippen molar-refractivity contribution in [3.8, 4) is 0 Å². The third-order valence-electron chi connectivity index (χ3n) is 2.12. The maximum atomic E-state index is 11.1. The van der Waals surface area contributed by atoms with E-state index in [2.05, 4.69) is 10.3 Å². The van der Waals surface area contributed by atoms with E-state index >= 15 is 0 Å². The Balaban J connectivity index is 2.51. The van der Waals surface area contributed by atoms with Gasteiger partial charge in [-0.1, -0.05) is 0 Å².